The summed E-state index contributed by atoms with van der Waals surface area (Å²) in [5.74, 6) is 0. The van der Waals surface area contributed by atoms with E-state index in [4.69, 9.17) is 0 Å². The summed E-state index contributed by atoms with van der Waals surface area (Å²) in [7, 11) is 22.7. The second-order valence-corrected chi connectivity index (χ2v) is 55.3. The molecule has 0 bridgehead atoms. The lowest BCUT2D eigenvalue weighted by Crippen LogP contribution is -1.55. The van der Waals surface area contributed by atoms with Crippen molar-refractivity contribution in [3.05, 3.63) is 0 Å². The Morgan fingerprint density at radius 3 is 1.40 bits per heavy atom. The van der Waals surface area contributed by atoms with E-state index in [0.717, 1.165) is 7.96 Å². The molecule has 0 rings (SSSR count). The molecule has 0 heterocycles. The zero-order valence-corrected chi connectivity index (χ0v) is 22.7. The van der Waals surface area contributed by atoms with Crippen LogP contribution in [0.4, 0.5) is 0 Å². The van der Waals surface area contributed by atoms with Crippen LogP contribution in [-0.4, -0.2) is 6.66 Å². The minimum atomic E-state index is 0.112. The second-order valence-electron chi connectivity index (χ2n) is 2.32. The van der Waals surface area contributed by atoms with Crippen molar-refractivity contribution < 1.29 is 0 Å². The molecule has 0 aromatic carbocycles. The Bertz CT molecular complexity index is 153. The summed E-state index contributed by atoms with van der Waals surface area (Å²) in [4.78, 5) is 0. The van der Waals surface area contributed by atoms with Crippen LogP contribution in [0.5, 0.6) is 0 Å². The molecule has 0 nitrogen and oxygen atoms in total. The van der Waals surface area contributed by atoms with Crippen molar-refractivity contribution in [2.24, 2.45) is 0 Å². The summed E-state index contributed by atoms with van der Waals surface area (Å²) in [6.45, 7) is 3.42. The first-order valence-corrected chi connectivity index (χ1v) is 28.9. The standard InChI is InChI=1S/CH18P14/c1-10(14(9-2)11(3)4)15(12(5)6)13(7)8/h9H,2-8H2,1H3. The van der Waals surface area contributed by atoms with Crippen molar-refractivity contribution >= 4 is 113 Å². The van der Waals surface area contributed by atoms with Gasteiger partial charge >= 0.3 is 0 Å². The van der Waals surface area contributed by atoms with E-state index in [-0.39, 0.29) is 42.2 Å². The molecule has 0 N–H and O–H groups in total. The smallest absolute Gasteiger partial charge is 0.0104 e. The predicted molar refractivity (Wildman–Crippen MR) is 124 cm³/mol. The Morgan fingerprint density at radius 2 is 1.20 bits per heavy atom. The van der Waals surface area contributed by atoms with Crippen LogP contribution in [0.3, 0.4) is 0 Å². The average Bonchev–Trinajstić information content (AvgIpc) is 2.02. The highest BCUT2D eigenvalue weighted by atomic mass is 33.2. The van der Waals surface area contributed by atoms with E-state index >= 15 is 0 Å². The normalized spacial score (nSPS) is 17.6. The molecule has 0 fully saturated rings. The summed E-state index contributed by atoms with van der Waals surface area (Å²) in [5.41, 5.74) is 0. The van der Waals surface area contributed by atoms with Crippen molar-refractivity contribution in [3.8, 4) is 0 Å². The van der Waals surface area contributed by atoms with E-state index < -0.39 is 0 Å². The fourth-order valence-electron chi connectivity index (χ4n) is 0.794. The topological polar surface area (TPSA) is 0 Å². The first kappa shape index (κ1) is 21.0. The van der Waals surface area contributed by atoms with Gasteiger partial charge < -0.3 is 0 Å². The Morgan fingerprint density at radius 1 is 0.800 bits per heavy atom. The summed E-state index contributed by atoms with van der Waals surface area (Å²) < 4.78 is 0. The van der Waals surface area contributed by atoms with Crippen molar-refractivity contribution in [2.75, 3.05) is 6.66 Å². The average molecular weight is 464 g/mol. The van der Waals surface area contributed by atoms with E-state index in [2.05, 4.69) is 69.2 Å². The van der Waals surface area contributed by atoms with Crippen molar-refractivity contribution in [2.45, 2.75) is 0 Å². The lowest BCUT2D eigenvalue weighted by Gasteiger charge is -2.37. The van der Waals surface area contributed by atoms with Crippen molar-refractivity contribution in [1.82, 2.24) is 0 Å². The number of hydrogen-bond donors (Lipinski definition) is 0. The molecule has 92 valence electrons. The molecular weight excluding hydrogens is 446 g/mol. The molecule has 0 aliphatic carbocycles. The van der Waals surface area contributed by atoms with Crippen LogP contribution in [-0.2, 0) is 0 Å². The van der Waals surface area contributed by atoms with Crippen LogP contribution in [0.25, 0.3) is 0 Å². The summed E-state index contributed by atoms with van der Waals surface area (Å²) in [6.07, 6.45) is 0. The zero-order chi connectivity index (χ0) is 12.2. The Kier molecular flexibility index (Phi) is 16.2. The first-order valence-electron chi connectivity index (χ1n) is 3.51. The van der Waals surface area contributed by atoms with Gasteiger partial charge in [0.1, 0.15) is 0 Å². The number of rotatable bonds is 6. The first-order chi connectivity index (χ1) is 6.82. The van der Waals surface area contributed by atoms with Gasteiger partial charge in [-0.3, -0.25) is 0 Å². The molecule has 0 aromatic heterocycles. The van der Waals surface area contributed by atoms with Crippen LogP contribution in [0.2, 0.25) is 0 Å². The molecule has 0 aromatic rings. The molecule has 15 heavy (non-hydrogen) atoms. The van der Waals surface area contributed by atoms with Crippen LogP contribution in [0.1, 0.15) is 0 Å². The second kappa shape index (κ2) is 11.6. The highest BCUT2D eigenvalue weighted by Gasteiger charge is 2.31. The van der Waals surface area contributed by atoms with Crippen LogP contribution in [0.15, 0.2) is 0 Å². The SMILES string of the molecule is CP(P(PP)P(P)P)P(P(P)P)P(P)P. The molecule has 0 spiro atoms. The quantitative estimate of drug-likeness (QED) is 0.348. The predicted octanol–water partition coefficient (Wildman–Crippen LogP) is 8.21. The van der Waals surface area contributed by atoms with E-state index in [9.17, 15) is 0 Å². The Labute approximate surface area is 119 Å². The Balaban J connectivity index is 4.67. The summed E-state index contributed by atoms with van der Waals surface area (Å²) >= 11 is 0. The van der Waals surface area contributed by atoms with Crippen molar-refractivity contribution in [3.63, 3.8) is 0 Å². The van der Waals surface area contributed by atoms with Gasteiger partial charge in [-0.05, 0) is 48.9 Å². The molecule has 0 radical (unpaired) electrons. The van der Waals surface area contributed by atoms with Crippen LogP contribution < -0.4 is 0 Å². The van der Waals surface area contributed by atoms with Gasteiger partial charge in [-0.15, -0.1) is 62.5 Å². The maximum Gasteiger partial charge on any atom is -0.0104 e. The molecule has 0 saturated heterocycles. The molecule has 0 saturated carbocycles. The molecule has 14 heteroatoms. The summed E-state index contributed by atoms with van der Waals surface area (Å²) in [6, 6.07) is 0. The minimum absolute atomic E-state index is 0.112. The monoisotopic (exact) mass is 464 g/mol. The van der Waals surface area contributed by atoms with Gasteiger partial charge in [-0.25, -0.2) is 0 Å². The van der Waals surface area contributed by atoms with E-state index in [0.29, 0.717) is 0 Å². The molecular formula is CH18P14. The van der Waals surface area contributed by atoms with Gasteiger partial charge in [-0.2, -0.15) is 0 Å². The van der Waals surface area contributed by atoms with Crippen molar-refractivity contribution in [1.29, 1.82) is 0 Å². The third kappa shape index (κ3) is 8.28. The third-order valence-electron chi connectivity index (χ3n) is 1.28. The largest absolute Gasteiger partial charge is 0.109 e. The van der Waals surface area contributed by atoms with Gasteiger partial charge in [-0.1, -0.05) is 7.96 Å². The minimum Gasteiger partial charge on any atom is -0.109 e. The van der Waals surface area contributed by atoms with Crippen LogP contribution in [0, 0.1) is 0 Å². The summed E-state index contributed by atoms with van der Waals surface area (Å²) in [5, 5.41) is 0. The fourth-order valence-corrected chi connectivity index (χ4v) is 133. The number of hydrogen-bond acceptors (Lipinski definition) is 0. The van der Waals surface area contributed by atoms with E-state index in [1.165, 1.54) is 0 Å². The fraction of sp³-hybridized carbons (Fsp3) is 1.00. The van der Waals surface area contributed by atoms with Gasteiger partial charge in [0.2, 0.25) is 0 Å². The van der Waals surface area contributed by atoms with Gasteiger partial charge in [0.05, 0.1) is 0 Å². The lowest BCUT2D eigenvalue weighted by molar-refractivity contribution is 2.50. The van der Waals surface area contributed by atoms with Gasteiger partial charge in [0, 0.05) is 0 Å². The zero-order valence-electron chi connectivity index (χ0n) is 8.22. The molecule has 10 unspecified atom stereocenters. The van der Waals surface area contributed by atoms with E-state index in [1.54, 1.807) is 0 Å². The van der Waals surface area contributed by atoms with Gasteiger partial charge in [0.25, 0.3) is 0 Å². The lowest BCUT2D eigenvalue weighted by atomic mass is 12.0. The molecule has 0 amide bonds. The molecule has 10 atom stereocenters. The Hall–Kier alpha value is 6.02. The highest BCUT2D eigenvalue weighted by molar-refractivity contribution is 9.21. The van der Waals surface area contributed by atoms with Crippen LogP contribution >= 0.6 is 113 Å². The molecule has 0 aliphatic rings. The third-order valence-corrected chi connectivity index (χ3v) is 83.8. The van der Waals surface area contributed by atoms with Gasteiger partial charge in [0.15, 0.2) is 0 Å². The van der Waals surface area contributed by atoms with E-state index in [1.807, 2.05) is 0 Å². The maximum atomic E-state index is 3.07. The highest BCUT2D eigenvalue weighted by Crippen LogP contribution is 3.18. The molecule has 0 aliphatic heterocycles. The maximum absolute atomic E-state index is 3.07.